The van der Waals surface area contributed by atoms with Gasteiger partial charge in [0.2, 0.25) is 12.2 Å². The third-order valence-corrected chi connectivity index (χ3v) is 2.25. The molecule has 0 aliphatic heterocycles. The third kappa shape index (κ3) is 8.50. The second kappa shape index (κ2) is 7.87. The molecule has 0 aromatic heterocycles. The first-order chi connectivity index (χ1) is 9.05. The van der Waals surface area contributed by atoms with Crippen LogP contribution in [0.15, 0.2) is 0 Å². The fourth-order valence-corrected chi connectivity index (χ4v) is 1.50. The van der Waals surface area contributed by atoms with Gasteiger partial charge in [0.1, 0.15) is 11.6 Å². The molecule has 2 amide bonds. The van der Waals surface area contributed by atoms with Crippen molar-refractivity contribution >= 4 is 18.3 Å². The van der Waals surface area contributed by atoms with Crippen molar-refractivity contribution in [2.75, 3.05) is 0 Å². The lowest BCUT2D eigenvalue weighted by atomic mass is 10.0. The summed E-state index contributed by atoms with van der Waals surface area (Å²) in [6, 6.07) is -1.45. The number of hydrogen-bond donors (Lipinski definition) is 2. The Bertz CT molecular complexity index is 348. The van der Waals surface area contributed by atoms with Gasteiger partial charge in [-0.3, -0.25) is 9.59 Å². The number of nitrogens with one attached hydrogen (secondary N) is 2. The minimum atomic E-state index is -0.736. The Balaban J connectivity index is 4.67. The minimum Gasteiger partial charge on any atom is -0.444 e. The van der Waals surface area contributed by atoms with Gasteiger partial charge in [-0.2, -0.15) is 0 Å². The van der Waals surface area contributed by atoms with E-state index in [0.29, 0.717) is 6.42 Å². The summed E-state index contributed by atoms with van der Waals surface area (Å²) in [5.74, 6) is -0.211. The summed E-state index contributed by atoms with van der Waals surface area (Å²) in [5, 5.41) is 5.00. The van der Waals surface area contributed by atoms with Crippen molar-refractivity contribution in [1.29, 1.82) is 0 Å². The highest BCUT2D eigenvalue weighted by atomic mass is 16.6. The van der Waals surface area contributed by atoms with E-state index in [4.69, 9.17) is 4.74 Å². The summed E-state index contributed by atoms with van der Waals surface area (Å²) >= 11 is 0. The van der Waals surface area contributed by atoms with E-state index in [2.05, 4.69) is 10.6 Å². The third-order valence-electron chi connectivity index (χ3n) is 2.25. The molecule has 2 unspecified atom stereocenters. The molecule has 0 bridgehead atoms. The van der Waals surface area contributed by atoms with E-state index in [9.17, 15) is 14.4 Å². The van der Waals surface area contributed by atoms with Crippen LogP contribution >= 0.6 is 0 Å². The highest BCUT2D eigenvalue weighted by Gasteiger charge is 2.25. The predicted octanol–water partition coefficient (Wildman–Crippen LogP) is 1.54. The number of carbonyl (C=O) groups is 2. The number of rotatable bonds is 6. The number of carbonyl (C=O) groups excluding carboxylic acids is 3. The van der Waals surface area contributed by atoms with Gasteiger partial charge in [-0.05, 0) is 40.0 Å². The smallest absolute Gasteiger partial charge is 0.408 e. The normalized spacial score (nSPS) is 14.3. The zero-order chi connectivity index (χ0) is 15.9. The maximum Gasteiger partial charge on any atom is 0.408 e. The maximum atomic E-state index is 12.0. The molecule has 0 aliphatic rings. The van der Waals surface area contributed by atoms with E-state index < -0.39 is 29.7 Å². The highest BCUT2D eigenvalue weighted by molar-refractivity contribution is 5.87. The van der Waals surface area contributed by atoms with Gasteiger partial charge in [0, 0.05) is 0 Å². The van der Waals surface area contributed by atoms with Crippen LogP contribution in [-0.2, 0) is 14.3 Å². The lowest BCUT2D eigenvalue weighted by Gasteiger charge is -2.24. The molecular weight excluding hydrogens is 260 g/mol. The number of ether oxygens (including phenoxy) is 1. The molecule has 2 atom stereocenters. The van der Waals surface area contributed by atoms with E-state index >= 15 is 0 Å². The topological polar surface area (TPSA) is 84.5 Å². The van der Waals surface area contributed by atoms with Crippen molar-refractivity contribution in [3.63, 3.8) is 0 Å². The van der Waals surface area contributed by atoms with Crippen LogP contribution in [0.5, 0.6) is 0 Å². The fourth-order valence-electron chi connectivity index (χ4n) is 1.50. The summed E-state index contributed by atoms with van der Waals surface area (Å²) in [5.41, 5.74) is -0.632. The van der Waals surface area contributed by atoms with Gasteiger partial charge >= 0.3 is 6.09 Å². The van der Waals surface area contributed by atoms with Gasteiger partial charge in [0.15, 0.2) is 0 Å². The molecule has 0 aromatic carbocycles. The highest BCUT2D eigenvalue weighted by Crippen LogP contribution is 2.09. The van der Waals surface area contributed by atoms with Crippen molar-refractivity contribution in [2.45, 2.75) is 65.6 Å². The van der Waals surface area contributed by atoms with E-state index in [-0.39, 0.29) is 5.92 Å². The molecule has 6 nitrogen and oxygen atoms in total. The molecule has 0 rings (SSSR count). The summed E-state index contributed by atoms with van der Waals surface area (Å²) in [4.78, 5) is 34.2. The molecule has 6 heteroatoms. The Morgan fingerprint density at radius 1 is 1.15 bits per heavy atom. The first kappa shape index (κ1) is 18.4. The van der Waals surface area contributed by atoms with E-state index in [1.807, 2.05) is 13.8 Å². The van der Waals surface area contributed by atoms with Crippen molar-refractivity contribution < 1.29 is 19.1 Å². The van der Waals surface area contributed by atoms with Crippen molar-refractivity contribution in [3.8, 4) is 0 Å². The Labute approximate surface area is 120 Å². The SMILES string of the molecule is CC(C)CC(NC(=O)OC(C)(C)C)C(=O)NC(C)[C]=O. The zero-order valence-corrected chi connectivity index (χ0v) is 13.1. The summed E-state index contributed by atoms with van der Waals surface area (Å²) in [7, 11) is 0. The lowest BCUT2D eigenvalue weighted by molar-refractivity contribution is -0.123. The molecule has 0 saturated carbocycles. The predicted molar refractivity (Wildman–Crippen MR) is 75.9 cm³/mol. The van der Waals surface area contributed by atoms with Crippen LogP contribution in [0.4, 0.5) is 4.79 Å². The first-order valence-corrected chi connectivity index (χ1v) is 6.72. The first-order valence-electron chi connectivity index (χ1n) is 6.72. The van der Waals surface area contributed by atoms with E-state index in [0.717, 1.165) is 0 Å². The molecule has 20 heavy (non-hydrogen) atoms. The van der Waals surface area contributed by atoms with Gasteiger partial charge in [-0.15, -0.1) is 0 Å². The van der Waals surface area contributed by atoms with Gasteiger partial charge in [0.05, 0.1) is 6.04 Å². The monoisotopic (exact) mass is 285 g/mol. The van der Waals surface area contributed by atoms with Crippen LogP contribution in [0, 0.1) is 5.92 Å². The van der Waals surface area contributed by atoms with Crippen LogP contribution in [0.25, 0.3) is 0 Å². The Morgan fingerprint density at radius 2 is 1.70 bits per heavy atom. The molecule has 0 spiro atoms. The van der Waals surface area contributed by atoms with Gasteiger partial charge in [0.25, 0.3) is 0 Å². The quantitative estimate of drug-likeness (QED) is 0.775. The lowest BCUT2D eigenvalue weighted by Crippen LogP contribution is -2.50. The standard InChI is InChI=1S/C14H25N2O4/c1-9(2)7-11(12(18)15-10(3)8-17)16-13(19)20-14(4,5)6/h9-11H,7H2,1-6H3,(H,15,18)(H,16,19). The molecule has 1 radical (unpaired) electrons. The number of alkyl carbamates (subject to hydrolysis) is 1. The largest absolute Gasteiger partial charge is 0.444 e. The Morgan fingerprint density at radius 3 is 2.10 bits per heavy atom. The summed E-state index contributed by atoms with van der Waals surface area (Å²) < 4.78 is 5.12. The molecule has 0 saturated heterocycles. The number of hydrogen-bond acceptors (Lipinski definition) is 4. The second-order valence-electron chi connectivity index (χ2n) is 6.18. The molecular formula is C14H25N2O4. The summed E-state index contributed by atoms with van der Waals surface area (Å²) in [6.07, 6.45) is 1.47. The molecule has 0 aromatic rings. The van der Waals surface area contributed by atoms with Crippen LogP contribution < -0.4 is 10.6 Å². The number of amides is 2. The minimum absolute atomic E-state index is 0.205. The average Bonchev–Trinajstić information content (AvgIpc) is 2.24. The van der Waals surface area contributed by atoms with Crippen LogP contribution in [0.2, 0.25) is 0 Å². The van der Waals surface area contributed by atoms with Gasteiger partial charge in [-0.25, -0.2) is 4.79 Å². The molecule has 0 aliphatic carbocycles. The summed E-state index contributed by atoms with van der Waals surface area (Å²) in [6.45, 7) is 10.6. The van der Waals surface area contributed by atoms with Crippen molar-refractivity contribution in [2.24, 2.45) is 5.92 Å². The van der Waals surface area contributed by atoms with Crippen molar-refractivity contribution in [3.05, 3.63) is 0 Å². The zero-order valence-electron chi connectivity index (χ0n) is 13.1. The van der Waals surface area contributed by atoms with Gasteiger partial charge < -0.3 is 15.4 Å². The molecule has 0 heterocycles. The Kier molecular flexibility index (Phi) is 7.24. The molecule has 115 valence electrons. The second-order valence-corrected chi connectivity index (χ2v) is 6.18. The van der Waals surface area contributed by atoms with Crippen LogP contribution in [0.3, 0.4) is 0 Å². The fraction of sp³-hybridized carbons (Fsp3) is 0.786. The molecule has 0 fully saturated rings. The van der Waals surface area contributed by atoms with Gasteiger partial charge in [-0.1, -0.05) is 13.8 Å². The van der Waals surface area contributed by atoms with Crippen LogP contribution in [-0.4, -0.2) is 36.0 Å². The average molecular weight is 285 g/mol. The van der Waals surface area contributed by atoms with Crippen LogP contribution in [0.1, 0.15) is 48.0 Å². The van der Waals surface area contributed by atoms with E-state index in [1.165, 1.54) is 6.92 Å². The van der Waals surface area contributed by atoms with E-state index in [1.54, 1.807) is 27.1 Å². The van der Waals surface area contributed by atoms with Crippen molar-refractivity contribution in [1.82, 2.24) is 10.6 Å². The molecule has 2 N–H and O–H groups in total. The Hall–Kier alpha value is -1.59. The maximum absolute atomic E-state index is 12.0.